The number of aromatic amines is 1. The van der Waals surface area contributed by atoms with E-state index in [1.807, 2.05) is 17.9 Å². The monoisotopic (exact) mass is 270 g/mol. The van der Waals surface area contributed by atoms with Crippen molar-refractivity contribution in [1.29, 1.82) is 0 Å². The molecule has 0 bridgehead atoms. The Hall–Kier alpha value is -2.14. The molecule has 0 spiro atoms. The normalized spacial score (nSPS) is 12.3. The van der Waals surface area contributed by atoms with Gasteiger partial charge in [-0.2, -0.15) is 0 Å². The maximum Gasteiger partial charge on any atom is 0.0924 e. The van der Waals surface area contributed by atoms with Gasteiger partial charge in [0.1, 0.15) is 0 Å². The molecule has 5 heteroatoms. The van der Waals surface area contributed by atoms with Crippen LogP contribution in [0.1, 0.15) is 17.8 Å². The first-order valence-corrected chi connectivity index (χ1v) is 6.94. The lowest BCUT2D eigenvalue weighted by Crippen LogP contribution is -2.04. The molecule has 0 saturated carbocycles. The lowest BCUT2D eigenvalue weighted by molar-refractivity contribution is 0.904. The minimum atomic E-state index is 0.269. The van der Waals surface area contributed by atoms with Crippen molar-refractivity contribution in [2.45, 2.75) is 13.0 Å². The van der Waals surface area contributed by atoms with E-state index in [-0.39, 0.29) is 6.04 Å². The minimum absolute atomic E-state index is 0.269. The standard InChI is InChI=1S/C14H14N4S/c1-10(14-7-16-9-19-14)18-12-4-2-11(3-5-12)13-6-15-8-17-13/h2-10,18H,1H3,(H,15,17). The molecule has 0 amide bonds. The van der Waals surface area contributed by atoms with Crippen molar-refractivity contribution in [3.05, 3.63) is 53.4 Å². The fraction of sp³-hybridized carbons (Fsp3) is 0.143. The second-order valence-electron chi connectivity index (χ2n) is 4.31. The Morgan fingerprint density at radius 3 is 2.63 bits per heavy atom. The van der Waals surface area contributed by atoms with Gasteiger partial charge in [0, 0.05) is 16.8 Å². The van der Waals surface area contributed by atoms with Crippen LogP contribution in [-0.2, 0) is 0 Å². The zero-order valence-corrected chi connectivity index (χ0v) is 11.3. The molecule has 1 atom stereocenters. The third-order valence-corrected chi connectivity index (χ3v) is 3.91. The predicted molar refractivity (Wildman–Crippen MR) is 78.2 cm³/mol. The number of hydrogen-bond acceptors (Lipinski definition) is 4. The van der Waals surface area contributed by atoms with E-state index in [9.17, 15) is 0 Å². The van der Waals surface area contributed by atoms with Crippen molar-refractivity contribution in [3.63, 3.8) is 0 Å². The van der Waals surface area contributed by atoms with E-state index in [1.165, 1.54) is 4.88 Å². The van der Waals surface area contributed by atoms with Crippen LogP contribution in [0.4, 0.5) is 5.69 Å². The summed E-state index contributed by atoms with van der Waals surface area (Å²) in [6.45, 7) is 2.14. The van der Waals surface area contributed by atoms with Crippen LogP contribution in [0.2, 0.25) is 0 Å². The number of thiazole rings is 1. The molecule has 3 rings (SSSR count). The van der Waals surface area contributed by atoms with Crippen LogP contribution in [0.5, 0.6) is 0 Å². The molecule has 96 valence electrons. The fourth-order valence-corrected chi connectivity index (χ4v) is 2.55. The Balaban J connectivity index is 1.73. The molecule has 4 nitrogen and oxygen atoms in total. The first-order chi connectivity index (χ1) is 9.33. The van der Waals surface area contributed by atoms with Gasteiger partial charge in [-0.3, -0.25) is 4.98 Å². The summed E-state index contributed by atoms with van der Waals surface area (Å²) in [7, 11) is 0. The first kappa shape index (κ1) is 11.9. The number of anilines is 1. The highest BCUT2D eigenvalue weighted by Crippen LogP contribution is 2.24. The maximum absolute atomic E-state index is 4.10. The smallest absolute Gasteiger partial charge is 0.0924 e. The van der Waals surface area contributed by atoms with E-state index in [0.717, 1.165) is 16.9 Å². The number of imidazole rings is 1. The Labute approximate surface area is 115 Å². The van der Waals surface area contributed by atoms with Crippen LogP contribution in [0, 0.1) is 0 Å². The Kier molecular flexibility index (Phi) is 3.29. The van der Waals surface area contributed by atoms with Crippen molar-refractivity contribution in [2.24, 2.45) is 0 Å². The summed E-state index contributed by atoms with van der Waals surface area (Å²) in [4.78, 5) is 12.5. The SMILES string of the molecule is CC(Nc1ccc(-c2cnc[nH]2)cc1)c1cncs1. The highest BCUT2D eigenvalue weighted by molar-refractivity contribution is 7.09. The Bertz CT molecular complexity index is 614. The molecular formula is C14H14N4S. The summed E-state index contributed by atoms with van der Waals surface area (Å²) in [5, 5.41) is 3.46. The topological polar surface area (TPSA) is 53.6 Å². The van der Waals surface area contributed by atoms with Gasteiger partial charge < -0.3 is 10.3 Å². The molecule has 2 aromatic heterocycles. The third-order valence-electron chi connectivity index (χ3n) is 2.96. The van der Waals surface area contributed by atoms with Crippen molar-refractivity contribution < 1.29 is 0 Å². The first-order valence-electron chi connectivity index (χ1n) is 6.06. The van der Waals surface area contributed by atoms with Crippen LogP contribution in [0.25, 0.3) is 11.3 Å². The average Bonchev–Trinajstić information content (AvgIpc) is 3.13. The van der Waals surface area contributed by atoms with Gasteiger partial charge >= 0.3 is 0 Å². The number of benzene rings is 1. The van der Waals surface area contributed by atoms with Gasteiger partial charge in [0.15, 0.2) is 0 Å². The van der Waals surface area contributed by atoms with Crippen LogP contribution < -0.4 is 5.32 Å². The average molecular weight is 270 g/mol. The number of nitrogens with one attached hydrogen (secondary N) is 2. The fourth-order valence-electron chi connectivity index (χ4n) is 1.92. The van der Waals surface area contributed by atoms with Crippen molar-refractivity contribution in [1.82, 2.24) is 15.0 Å². The maximum atomic E-state index is 4.10. The summed E-state index contributed by atoms with van der Waals surface area (Å²) in [5.74, 6) is 0. The Morgan fingerprint density at radius 1 is 1.16 bits per heavy atom. The molecule has 0 aliphatic carbocycles. The molecule has 0 saturated heterocycles. The van der Waals surface area contributed by atoms with Crippen LogP contribution in [0.15, 0.2) is 48.5 Å². The molecule has 3 aromatic rings. The van der Waals surface area contributed by atoms with Crippen LogP contribution in [-0.4, -0.2) is 15.0 Å². The minimum Gasteiger partial charge on any atom is -0.378 e. The quantitative estimate of drug-likeness (QED) is 0.760. The van der Waals surface area contributed by atoms with Crippen molar-refractivity contribution >= 4 is 17.0 Å². The van der Waals surface area contributed by atoms with Crippen molar-refractivity contribution in [3.8, 4) is 11.3 Å². The van der Waals surface area contributed by atoms with Gasteiger partial charge in [0.05, 0.1) is 29.8 Å². The molecule has 0 aliphatic rings. The van der Waals surface area contributed by atoms with E-state index in [0.29, 0.717) is 0 Å². The van der Waals surface area contributed by atoms with E-state index in [4.69, 9.17) is 0 Å². The molecule has 19 heavy (non-hydrogen) atoms. The molecule has 2 N–H and O–H groups in total. The van der Waals surface area contributed by atoms with Crippen LogP contribution >= 0.6 is 11.3 Å². The lowest BCUT2D eigenvalue weighted by atomic mass is 10.1. The van der Waals surface area contributed by atoms with Gasteiger partial charge in [-0.25, -0.2) is 4.98 Å². The highest BCUT2D eigenvalue weighted by Gasteiger charge is 2.07. The van der Waals surface area contributed by atoms with Gasteiger partial charge in [0.2, 0.25) is 0 Å². The largest absolute Gasteiger partial charge is 0.378 e. The molecule has 2 heterocycles. The Morgan fingerprint density at radius 2 is 2.00 bits per heavy atom. The van der Waals surface area contributed by atoms with Gasteiger partial charge in [-0.15, -0.1) is 11.3 Å². The molecule has 0 fully saturated rings. The number of hydrogen-bond donors (Lipinski definition) is 2. The zero-order chi connectivity index (χ0) is 13.1. The zero-order valence-electron chi connectivity index (χ0n) is 10.5. The molecule has 1 unspecified atom stereocenters. The molecule has 0 aliphatic heterocycles. The number of H-pyrrole nitrogens is 1. The van der Waals surface area contributed by atoms with E-state index >= 15 is 0 Å². The highest BCUT2D eigenvalue weighted by atomic mass is 32.1. The molecular weight excluding hydrogens is 256 g/mol. The summed E-state index contributed by atoms with van der Waals surface area (Å²) < 4.78 is 0. The summed E-state index contributed by atoms with van der Waals surface area (Å²) in [6.07, 6.45) is 5.41. The summed E-state index contributed by atoms with van der Waals surface area (Å²) in [6, 6.07) is 8.58. The van der Waals surface area contributed by atoms with E-state index in [1.54, 1.807) is 17.7 Å². The lowest BCUT2D eigenvalue weighted by Gasteiger charge is -2.13. The number of rotatable bonds is 4. The summed E-state index contributed by atoms with van der Waals surface area (Å²) in [5.41, 5.74) is 5.12. The number of aromatic nitrogens is 3. The van der Waals surface area contributed by atoms with Crippen molar-refractivity contribution in [2.75, 3.05) is 5.32 Å². The number of nitrogens with zero attached hydrogens (tertiary/aromatic N) is 2. The molecule has 1 aromatic carbocycles. The summed E-state index contributed by atoms with van der Waals surface area (Å²) >= 11 is 1.66. The van der Waals surface area contributed by atoms with Gasteiger partial charge in [-0.05, 0) is 24.6 Å². The van der Waals surface area contributed by atoms with E-state index in [2.05, 4.69) is 51.5 Å². The van der Waals surface area contributed by atoms with Gasteiger partial charge in [0.25, 0.3) is 0 Å². The second kappa shape index (κ2) is 5.24. The van der Waals surface area contributed by atoms with Crippen LogP contribution in [0.3, 0.4) is 0 Å². The second-order valence-corrected chi connectivity index (χ2v) is 5.23. The third kappa shape index (κ3) is 2.66. The van der Waals surface area contributed by atoms with E-state index < -0.39 is 0 Å². The predicted octanol–water partition coefficient (Wildman–Crippen LogP) is 3.71. The molecule has 0 radical (unpaired) electrons. The van der Waals surface area contributed by atoms with Gasteiger partial charge in [-0.1, -0.05) is 12.1 Å².